The number of halogens is 1. The summed E-state index contributed by atoms with van der Waals surface area (Å²) in [6, 6.07) is 6.19. The summed E-state index contributed by atoms with van der Waals surface area (Å²) in [6.07, 6.45) is 5.41. The van der Waals surface area contributed by atoms with E-state index in [9.17, 15) is 4.79 Å². The quantitative estimate of drug-likeness (QED) is 0.838. The lowest BCUT2D eigenvalue weighted by atomic mass is 10.0. The van der Waals surface area contributed by atoms with Crippen LogP contribution in [0.5, 0.6) is 0 Å². The Kier molecular flexibility index (Phi) is 4.05. The molecule has 0 radical (unpaired) electrons. The average Bonchev–Trinajstić information content (AvgIpc) is 3.01. The van der Waals surface area contributed by atoms with E-state index in [1.807, 2.05) is 40.9 Å². The lowest BCUT2D eigenvalue weighted by Gasteiger charge is -2.32. The largest absolute Gasteiger partial charge is 0.338 e. The Balaban J connectivity index is 1.67. The van der Waals surface area contributed by atoms with Crippen molar-refractivity contribution < 1.29 is 4.79 Å². The van der Waals surface area contributed by atoms with Crippen LogP contribution < -0.4 is 0 Å². The van der Waals surface area contributed by atoms with Crippen LogP contribution >= 0.6 is 15.9 Å². The highest BCUT2D eigenvalue weighted by Gasteiger charge is 2.25. The molecule has 1 fully saturated rings. The maximum absolute atomic E-state index is 12.6. The molecule has 6 heteroatoms. The first-order valence-electron chi connectivity index (χ1n) is 7.06. The Labute approximate surface area is 132 Å². The van der Waals surface area contributed by atoms with Gasteiger partial charge in [-0.05, 0) is 53.4 Å². The molecule has 110 valence electrons. The minimum Gasteiger partial charge on any atom is -0.338 e. The zero-order chi connectivity index (χ0) is 14.8. The molecule has 21 heavy (non-hydrogen) atoms. The number of carbonyl (C=O) groups is 1. The van der Waals surface area contributed by atoms with E-state index >= 15 is 0 Å². The van der Waals surface area contributed by atoms with E-state index < -0.39 is 0 Å². The summed E-state index contributed by atoms with van der Waals surface area (Å²) in [5.41, 5.74) is 1.88. The Bertz CT molecular complexity index is 633. The highest BCUT2D eigenvalue weighted by molar-refractivity contribution is 9.10. The Morgan fingerprint density at radius 2 is 2.10 bits per heavy atom. The van der Waals surface area contributed by atoms with Crippen LogP contribution in [0.15, 0.2) is 35.1 Å². The number of piperidine rings is 1. The van der Waals surface area contributed by atoms with Gasteiger partial charge in [0, 0.05) is 23.8 Å². The minimum atomic E-state index is 0.0962. The molecule has 1 aromatic carbocycles. The van der Waals surface area contributed by atoms with Crippen molar-refractivity contribution >= 4 is 21.8 Å². The standard InChI is InChI=1S/C15H17BrN4O/c1-11-2-3-13(14(16)10-11)15(21)19-7-4-12(5-8-19)20-9-6-17-18-20/h2-3,6,9-10,12H,4-5,7-8H2,1H3. The molecule has 1 aromatic heterocycles. The van der Waals surface area contributed by atoms with Crippen molar-refractivity contribution in [3.05, 3.63) is 46.2 Å². The van der Waals surface area contributed by atoms with Crippen LogP contribution in [0.3, 0.4) is 0 Å². The molecule has 0 aliphatic carbocycles. The topological polar surface area (TPSA) is 51.0 Å². The number of nitrogens with zero attached hydrogens (tertiary/aromatic N) is 4. The molecule has 0 N–H and O–H groups in total. The number of amides is 1. The number of benzene rings is 1. The third kappa shape index (κ3) is 3.00. The number of carbonyl (C=O) groups excluding carboxylic acids is 1. The SMILES string of the molecule is Cc1ccc(C(=O)N2CCC(n3ccnn3)CC2)c(Br)c1. The highest BCUT2D eigenvalue weighted by Crippen LogP contribution is 2.25. The smallest absolute Gasteiger partial charge is 0.255 e. The normalized spacial score (nSPS) is 16.2. The third-order valence-corrected chi connectivity index (χ3v) is 4.58. The van der Waals surface area contributed by atoms with Gasteiger partial charge in [-0.25, -0.2) is 4.68 Å². The predicted molar refractivity (Wildman–Crippen MR) is 83.1 cm³/mol. The summed E-state index contributed by atoms with van der Waals surface area (Å²) in [5.74, 6) is 0.0962. The van der Waals surface area contributed by atoms with Crippen LogP contribution in [-0.4, -0.2) is 38.9 Å². The van der Waals surface area contributed by atoms with Crippen molar-refractivity contribution in [2.75, 3.05) is 13.1 Å². The summed E-state index contributed by atoms with van der Waals surface area (Å²) in [6.45, 7) is 3.52. The van der Waals surface area contributed by atoms with Gasteiger partial charge in [0.1, 0.15) is 0 Å². The van der Waals surface area contributed by atoms with Crippen molar-refractivity contribution in [2.45, 2.75) is 25.8 Å². The molecule has 0 unspecified atom stereocenters. The summed E-state index contributed by atoms with van der Waals surface area (Å²) in [4.78, 5) is 14.5. The van der Waals surface area contributed by atoms with Gasteiger partial charge >= 0.3 is 0 Å². The van der Waals surface area contributed by atoms with Crippen molar-refractivity contribution in [1.82, 2.24) is 19.9 Å². The van der Waals surface area contributed by atoms with Gasteiger partial charge in [0.05, 0.1) is 17.8 Å². The van der Waals surface area contributed by atoms with Crippen LogP contribution in [0.2, 0.25) is 0 Å². The van der Waals surface area contributed by atoms with Crippen LogP contribution in [-0.2, 0) is 0 Å². The molecule has 2 aromatic rings. The van der Waals surface area contributed by atoms with Crippen molar-refractivity contribution in [3.8, 4) is 0 Å². The van der Waals surface area contributed by atoms with Gasteiger partial charge in [-0.3, -0.25) is 4.79 Å². The molecule has 3 rings (SSSR count). The van der Waals surface area contributed by atoms with E-state index in [0.29, 0.717) is 6.04 Å². The molecule has 0 bridgehead atoms. The third-order valence-electron chi connectivity index (χ3n) is 3.92. The Hall–Kier alpha value is -1.69. The molecule has 1 saturated heterocycles. The van der Waals surface area contributed by atoms with Crippen LogP contribution in [0.25, 0.3) is 0 Å². The second kappa shape index (κ2) is 5.97. The molecule has 5 nitrogen and oxygen atoms in total. The molecule has 2 heterocycles. The Morgan fingerprint density at radius 1 is 1.33 bits per heavy atom. The minimum absolute atomic E-state index is 0.0962. The van der Waals surface area contributed by atoms with Crippen LogP contribution in [0, 0.1) is 6.92 Å². The summed E-state index contributed by atoms with van der Waals surface area (Å²) >= 11 is 3.49. The average molecular weight is 349 g/mol. The number of aryl methyl sites for hydroxylation is 1. The Morgan fingerprint density at radius 3 is 2.71 bits per heavy atom. The first-order chi connectivity index (χ1) is 10.1. The van der Waals surface area contributed by atoms with E-state index in [1.54, 1.807) is 6.20 Å². The molecule has 1 amide bonds. The first kappa shape index (κ1) is 14.3. The second-order valence-corrected chi connectivity index (χ2v) is 6.24. The lowest BCUT2D eigenvalue weighted by molar-refractivity contribution is 0.0688. The van der Waals surface area contributed by atoms with E-state index in [0.717, 1.165) is 41.5 Å². The zero-order valence-electron chi connectivity index (χ0n) is 11.9. The monoisotopic (exact) mass is 348 g/mol. The van der Waals surface area contributed by atoms with Gasteiger partial charge < -0.3 is 4.90 Å². The van der Waals surface area contributed by atoms with E-state index in [-0.39, 0.29) is 5.91 Å². The van der Waals surface area contributed by atoms with Crippen molar-refractivity contribution in [3.63, 3.8) is 0 Å². The molecule has 1 aliphatic heterocycles. The second-order valence-electron chi connectivity index (χ2n) is 5.39. The highest BCUT2D eigenvalue weighted by atomic mass is 79.9. The van der Waals surface area contributed by atoms with Gasteiger partial charge in [-0.1, -0.05) is 11.3 Å². The fourth-order valence-corrected chi connectivity index (χ4v) is 3.37. The van der Waals surface area contributed by atoms with Crippen LogP contribution in [0.1, 0.15) is 34.8 Å². The molecule has 0 atom stereocenters. The van der Waals surface area contributed by atoms with Gasteiger partial charge in [-0.15, -0.1) is 5.10 Å². The fraction of sp³-hybridized carbons (Fsp3) is 0.400. The van der Waals surface area contributed by atoms with E-state index in [1.165, 1.54) is 0 Å². The van der Waals surface area contributed by atoms with Gasteiger partial charge in [0.2, 0.25) is 0 Å². The maximum Gasteiger partial charge on any atom is 0.255 e. The summed E-state index contributed by atoms with van der Waals surface area (Å²) in [7, 11) is 0. The van der Waals surface area contributed by atoms with Gasteiger partial charge in [0.15, 0.2) is 0 Å². The molecular weight excluding hydrogens is 332 g/mol. The maximum atomic E-state index is 12.6. The predicted octanol–water partition coefficient (Wildman–Crippen LogP) is 2.83. The number of aromatic nitrogens is 3. The first-order valence-corrected chi connectivity index (χ1v) is 7.85. The van der Waals surface area contributed by atoms with E-state index in [4.69, 9.17) is 0 Å². The molecular formula is C15H17BrN4O. The summed E-state index contributed by atoms with van der Waals surface area (Å²) in [5, 5.41) is 7.89. The molecule has 1 aliphatic rings. The zero-order valence-corrected chi connectivity index (χ0v) is 13.5. The van der Waals surface area contributed by atoms with Gasteiger partial charge in [-0.2, -0.15) is 0 Å². The van der Waals surface area contributed by atoms with Crippen molar-refractivity contribution in [1.29, 1.82) is 0 Å². The van der Waals surface area contributed by atoms with Gasteiger partial charge in [0.25, 0.3) is 5.91 Å². The number of likely N-dealkylation sites (tertiary alicyclic amines) is 1. The lowest BCUT2D eigenvalue weighted by Crippen LogP contribution is -2.39. The number of hydrogen-bond acceptors (Lipinski definition) is 3. The summed E-state index contributed by atoms with van der Waals surface area (Å²) < 4.78 is 2.76. The molecule has 0 saturated carbocycles. The van der Waals surface area contributed by atoms with Crippen LogP contribution in [0.4, 0.5) is 0 Å². The fourth-order valence-electron chi connectivity index (χ4n) is 2.71. The number of rotatable bonds is 2. The number of hydrogen-bond donors (Lipinski definition) is 0. The van der Waals surface area contributed by atoms with Crippen molar-refractivity contribution in [2.24, 2.45) is 0 Å². The molecule has 0 spiro atoms. The van der Waals surface area contributed by atoms with E-state index in [2.05, 4.69) is 26.2 Å².